The third kappa shape index (κ3) is 1.88. The number of hydrogen-bond acceptors (Lipinski definition) is 1. The lowest BCUT2D eigenvalue weighted by Crippen LogP contribution is -2.21. The molecule has 1 aliphatic carbocycles. The van der Waals surface area contributed by atoms with Gasteiger partial charge in [0.2, 0.25) is 0 Å². The van der Waals surface area contributed by atoms with Crippen molar-refractivity contribution >= 4 is 0 Å². The highest BCUT2D eigenvalue weighted by molar-refractivity contribution is 5.25. The average molecular weight is 212 g/mol. The molecule has 82 valence electrons. The molecule has 2 rings (SSSR count). The summed E-state index contributed by atoms with van der Waals surface area (Å²) in [5.41, 5.74) is -0.473. The number of aliphatic hydroxyl groups is 1. The van der Waals surface area contributed by atoms with Crippen LogP contribution < -0.4 is 0 Å². The largest absolute Gasteiger partial charge is 0.385 e. The molecule has 0 bridgehead atoms. The summed E-state index contributed by atoms with van der Waals surface area (Å²) in [4.78, 5) is 0. The van der Waals surface area contributed by atoms with Crippen LogP contribution in [0, 0.1) is 17.6 Å². The van der Waals surface area contributed by atoms with Crippen molar-refractivity contribution in [1.82, 2.24) is 0 Å². The molecule has 1 N–H and O–H groups in total. The molecule has 0 amide bonds. The van der Waals surface area contributed by atoms with Gasteiger partial charge in [0.25, 0.3) is 0 Å². The third-order valence-electron chi connectivity index (χ3n) is 3.19. The quantitative estimate of drug-likeness (QED) is 0.758. The topological polar surface area (TPSA) is 20.2 Å². The van der Waals surface area contributed by atoms with E-state index in [4.69, 9.17) is 0 Å². The molecular formula is C12H14F2O. The zero-order chi connectivity index (χ0) is 11.1. The molecule has 3 heteroatoms. The van der Waals surface area contributed by atoms with E-state index in [9.17, 15) is 13.9 Å². The summed E-state index contributed by atoms with van der Waals surface area (Å²) in [6.07, 6.45) is 2.17. The van der Waals surface area contributed by atoms with Crippen molar-refractivity contribution in [3.63, 3.8) is 0 Å². The van der Waals surface area contributed by atoms with Gasteiger partial charge in [-0.3, -0.25) is 0 Å². The Balaban J connectivity index is 2.33. The SMILES string of the molecule is CC1CCC(O)(c2ccc(F)c(F)c2)C1. The van der Waals surface area contributed by atoms with Crippen LogP contribution >= 0.6 is 0 Å². The standard InChI is InChI=1S/C12H14F2O/c1-8-4-5-12(15,7-8)9-2-3-10(13)11(14)6-9/h2-3,6,8,15H,4-5,7H2,1H3. The van der Waals surface area contributed by atoms with Crippen LogP contribution in [0.15, 0.2) is 18.2 Å². The summed E-state index contributed by atoms with van der Waals surface area (Å²) in [7, 11) is 0. The Morgan fingerprint density at radius 1 is 1.33 bits per heavy atom. The fourth-order valence-electron chi connectivity index (χ4n) is 2.31. The lowest BCUT2D eigenvalue weighted by Gasteiger charge is -2.23. The van der Waals surface area contributed by atoms with Crippen LogP contribution in [0.5, 0.6) is 0 Å². The molecule has 0 radical (unpaired) electrons. The fourth-order valence-corrected chi connectivity index (χ4v) is 2.31. The molecule has 0 aliphatic heterocycles. The van der Waals surface area contributed by atoms with E-state index in [-0.39, 0.29) is 0 Å². The molecule has 1 aromatic rings. The zero-order valence-corrected chi connectivity index (χ0v) is 8.63. The Morgan fingerprint density at radius 3 is 2.60 bits per heavy atom. The van der Waals surface area contributed by atoms with E-state index >= 15 is 0 Å². The van der Waals surface area contributed by atoms with Gasteiger partial charge >= 0.3 is 0 Å². The molecule has 1 nitrogen and oxygen atoms in total. The van der Waals surface area contributed by atoms with Crippen LogP contribution in [0.2, 0.25) is 0 Å². The lowest BCUT2D eigenvalue weighted by atomic mass is 9.91. The van der Waals surface area contributed by atoms with Crippen LogP contribution in [-0.2, 0) is 5.60 Å². The van der Waals surface area contributed by atoms with E-state index < -0.39 is 17.2 Å². The first-order valence-electron chi connectivity index (χ1n) is 5.19. The van der Waals surface area contributed by atoms with Crippen molar-refractivity contribution in [2.45, 2.75) is 31.8 Å². The minimum absolute atomic E-state index is 0.433. The minimum Gasteiger partial charge on any atom is -0.385 e. The van der Waals surface area contributed by atoms with Gasteiger partial charge in [0.1, 0.15) is 0 Å². The van der Waals surface area contributed by atoms with Crippen LogP contribution in [0.3, 0.4) is 0 Å². The Morgan fingerprint density at radius 2 is 2.07 bits per heavy atom. The van der Waals surface area contributed by atoms with Gasteiger partial charge in [-0.05, 0) is 42.9 Å². The second-order valence-corrected chi connectivity index (χ2v) is 4.51. The maximum absolute atomic E-state index is 13.0. The van der Waals surface area contributed by atoms with Crippen LogP contribution in [0.4, 0.5) is 8.78 Å². The average Bonchev–Trinajstić information content (AvgIpc) is 2.52. The predicted octanol–water partition coefficient (Wildman–Crippen LogP) is 2.97. The molecule has 2 atom stereocenters. The molecule has 0 saturated heterocycles. The van der Waals surface area contributed by atoms with Crippen molar-refractivity contribution in [3.8, 4) is 0 Å². The molecule has 1 aromatic carbocycles. The van der Waals surface area contributed by atoms with Crippen molar-refractivity contribution in [2.24, 2.45) is 5.92 Å². The van der Waals surface area contributed by atoms with Gasteiger partial charge in [-0.2, -0.15) is 0 Å². The second kappa shape index (κ2) is 3.56. The molecule has 0 spiro atoms. The molecule has 15 heavy (non-hydrogen) atoms. The van der Waals surface area contributed by atoms with Gasteiger partial charge < -0.3 is 5.11 Å². The fraction of sp³-hybridized carbons (Fsp3) is 0.500. The van der Waals surface area contributed by atoms with E-state index in [2.05, 4.69) is 6.92 Å². The number of benzene rings is 1. The third-order valence-corrected chi connectivity index (χ3v) is 3.19. The van der Waals surface area contributed by atoms with Crippen molar-refractivity contribution in [2.75, 3.05) is 0 Å². The highest BCUT2D eigenvalue weighted by atomic mass is 19.2. The van der Waals surface area contributed by atoms with Crippen LogP contribution in [-0.4, -0.2) is 5.11 Å². The van der Waals surface area contributed by atoms with Gasteiger partial charge in [-0.15, -0.1) is 0 Å². The van der Waals surface area contributed by atoms with E-state index in [0.29, 0.717) is 24.3 Å². The summed E-state index contributed by atoms with van der Waals surface area (Å²) >= 11 is 0. The lowest BCUT2D eigenvalue weighted by molar-refractivity contribution is 0.0403. The molecule has 1 saturated carbocycles. The number of hydrogen-bond donors (Lipinski definition) is 1. The molecule has 0 heterocycles. The van der Waals surface area contributed by atoms with Crippen molar-refractivity contribution in [3.05, 3.63) is 35.4 Å². The van der Waals surface area contributed by atoms with Crippen molar-refractivity contribution < 1.29 is 13.9 Å². The second-order valence-electron chi connectivity index (χ2n) is 4.51. The van der Waals surface area contributed by atoms with E-state index in [1.165, 1.54) is 6.07 Å². The predicted molar refractivity (Wildman–Crippen MR) is 53.3 cm³/mol. The summed E-state index contributed by atoms with van der Waals surface area (Å²) in [6, 6.07) is 3.65. The molecule has 1 fully saturated rings. The normalized spacial score (nSPS) is 30.8. The van der Waals surface area contributed by atoms with E-state index in [0.717, 1.165) is 18.6 Å². The summed E-state index contributed by atoms with van der Waals surface area (Å²) in [5, 5.41) is 10.3. The maximum atomic E-state index is 13.0. The maximum Gasteiger partial charge on any atom is 0.159 e. The highest BCUT2D eigenvalue weighted by Crippen LogP contribution is 2.41. The van der Waals surface area contributed by atoms with Gasteiger partial charge in [0.05, 0.1) is 5.60 Å². The minimum atomic E-state index is -0.964. The first-order chi connectivity index (χ1) is 7.01. The smallest absolute Gasteiger partial charge is 0.159 e. The Bertz CT molecular complexity index is 378. The van der Waals surface area contributed by atoms with Crippen LogP contribution in [0.1, 0.15) is 31.7 Å². The number of rotatable bonds is 1. The zero-order valence-electron chi connectivity index (χ0n) is 8.63. The van der Waals surface area contributed by atoms with Gasteiger partial charge in [0, 0.05) is 0 Å². The van der Waals surface area contributed by atoms with Crippen LogP contribution in [0.25, 0.3) is 0 Å². The van der Waals surface area contributed by atoms with Gasteiger partial charge in [-0.25, -0.2) is 8.78 Å². The Kier molecular flexibility index (Phi) is 2.51. The molecule has 2 unspecified atom stereocenters. The summed E-state index contributed by atoms with van der Waals surface area (Å²) < 4.78 is 25.7. The molecule has 0 aromatic heterocycles. The van der Waals surface area contributed by atoms with Gasteiger partial charge in [-0.1, -0.05) is 13.0 Å². The molecular weight excluding hydrogens is 198 g/mol. The van der Waals surface area contributed by atoms with E-state index in [1.54, 1.807) is 0 Å². The monoisotopic (exact) mass is 212 g/mol. The summed E-state index contributed by atoms with van der Waals surface area (Å²) in [6.45, 7) is 2.05. The first-order valence-corrected chi connectivity index (χ1v) is 5.19. The highest BCUT2D eigenvalue weighted by Gasteiger charge is 2.37. The Hall–Kier alpha value is -0.960. The van der Waals surface area contributed by atoms with E-state index in [1.807, 2.05) is 0 Å². The molecule has 1 aliphatic rings. The first kappa shape index (κ1) is 10.6. The van der Waals surface area contributed by atoms with Gasteiger partial charge in [0.15, 0.2) is 11.6 Å². The van der Waals surface area contributed by atoms with Crippen molar-refractivity contribution in [1.29, 1.82) is 0 Å². The summed E-state index contributed by atoms with van der Waals surface area (Å²) in [5.74, 6) is -1.32. The number of halogens is 2. The Labute approximate surface area is 87.7 Å².